The number of rotatable bonds is 6. The van der Waals surface area contributed by atoms with Gasteiger partial charge in [0.1, 0.15) is 11.6 Å². The molecule has 4 nitrogen and oxygen atoms in total. The summed E-state index contributed by atoms with van der Waals surface area (Å²) in [5, 5.41) is 2.93. The summed E-state index contributed by atoms with van der Waals surface area (Å²) in [6.45, 7) is 2.32. The van der Waals surface area contributed by atoms with E-state index in [4.69, 9.17) is 4.42 Å². The SMILES string of the molecule is C[C@H](CCc1ccco1)NC(=O)N(C)Cc1cccc(F)c1. The molecule has 1 N–H and O–H groups in total. The molecule has 22 heavy (non-hydrogen) atoms. The van der Waals surface area contributed by atoms with Gasteiger partial charge in [0.2, 0.25) is 0 Å². The average Bonchev–Trinajstić information content (AvgIpc) is 2.98. The van der Waals surface area contributed by atoms with Gasteiger partial charge in [0, 0.05) is 26.1 Å². The van der Waals surface area contributed by atoms with Crippen LogP contribution in [0.1, 0.15) is 24.7 Å². The Morgan fingerprint density at radius 3 is 2.86 bits per heavy atom. The fraction of sp³-hybridized carbons (Fsp3) is 0.353. The van der Waals surface area contributed by atoms with Gasteiger partial charge in [-0.05, 0) is 43.2 Å². The van der Waals surface area contributed by atoms with Crippen molar-refractivity contribution in [2.75, 3.05) is 7.05 Å². The summed E-state index contributed by atoms with van der Waals surface area (Å²) in [5.41, 5.74) is 0.765. The van der Waals surface area contributed by atoms with Gasteiger partial charge in [-0.15, -0.1) is 0 Å². The summed E-state index contributed by atoms with van der Waals surface area (Å²) >= 11 is 0. The Labute approximate surface area is 129 Å². The third-order valence-corrected chi connectivity index (χ3v) is 3.43. The summed E-state index contributed by atoms with van der Waals surface area (Å²) < 4.78 is 18.4. The first-order chi connectivity index (χ1) is 10.5. The van der Waals surface area contributed by atoms with Crippen LogP contribution in [-0.2, 0) is 13.0 Å². The molecular weight excluding hydrogens is 283 g/mol. The van der Waals surface area contributed by atoms with Gasteiger partial charge < -0.3 is 14.6 Å². The first-order valence-corrected chi connectivity index (χ1v) is 7.33. The summed E-state index contributed by atoms with van der Waals surface area (Å²) in [7, 11) is 1.69. The van der Waals surface area contributed by atoms with Crippen LogP contribution in [0.3, 0.4) is 0 Å². The predicted octanol–water partition coefficient (Wildman–Crippen LogP) is 3.58. The number of amides is 2. The highest BCUT2D eigenvalue weighted by Crippen LogP contribution is 2.08. The van der Waals surface area contributed by atoms with Crippen LogP contribution in [0.25, 0.3) is 0 Å². The number of nitrogens with zero attached hydrogens (tertiary/aromatic N) is 1. The molecule has 0 saturated heterocycles. The van der Waals surface area contributed by atoms with Crippen LogP contribution < -0.4 is 5.32 Å². The minimum Gasteiger partial charge on any atom is -0.469 e. The molecule has 0 aliphatic heterocycles. The minimum atomic E-state index is -0.293. The number of furan rings is 1. The normalized spacial score (nSPS) is 12.0. The van der Waals surface area contributed by atoms with Gasteiger partial charge in [-0.1, -0.05) is 12.1 Å². The Balaban J connectivity index is 1.77. The van der Waals surface area contributed by atoms with Gasteiger partial charge in [-0.2, -0.15) is 0 Å². The second-order valence-corrected chi connectivity index (χ2v) is 5.45. The number of benzene rings is 1. The van der Waals surface area contributed by atoms with Gasteiger partial charge in [-0.3, -0.25) is 0 Å². The molecule has 1 atom stereocenters. The maximum Gasteiger partial charge on any atom is 0.317 e. The Morgan fingerprint density at radius 2 is 2.18 bits per heavy atom. The van der Waals surface area contributed by atoms with Crippen LogP contribution in [0.15, 0.2) is 47.1 Å². The highest BCUT2D eigenvalue weighted by Gasteiger charge is 2.13. The molecule has 2 aromatic rings. The first-order valence-electron chi connectivity index (χ1n) is 7.33. The van der Waals surface area contributed by atoms with Crippen molar-refractivity contribution in [1.82, 2.24) is 10.2 Å². The molecule has 0 spiro atoms. The standard InChI is InChI=1S/C17H21FN2O2/c1-13(8-9-16-7-4-10-22-16)19-17(21)20(2)12-14-5-3-6-15(18)11-14/h3-7,10-11,13H,8-9,12H2,1-2H3,(H,19,21)/t13-/m1/s1. The second-order valence-electron chi connectivity index (χ2n) is 5.45. The quantitative estimate of drug-likeness (QED) is 0.886. The Bertz CT molecular complexity index is 598. The van der Waals surface area contributed by atoms with E-state index in [0.29, 0.717) is 6.54 Å². The van der Waals surface area contributed by atoms with Crippen LogP contribution in [-0.4, -0.2) is 24.0 Å². The average molecular weight is 304 g/mol. The number of aryl methyl sites for hydroxylation is 1. The van der Waals surface area contributed by atoms with E-state index in [0.717, 1.165) is 24.2 Å². The molecule has 0 bridgehead atoms. The number of carbonyl (C=O) groups is 1. The van der Waals surface area contributed by atoms with Crippen molar-refractivity contribution in [3.05, 3.63) is 59.8 Å². The number of halogens is 1. The predicted molar refractivity (Wildman–Crippen MR) is 82.9 cm³/mol. The molecule has 0 unspecified atom stereocenters. The topological polar surface area (TPSA) is 45.5 Å². The maximum absolute atomic E-state index is 13.1. The monoisotopic (exact) mass is 304 g/mol. The number of nitrogens with one attached hydrogen (secondary N) is 1. The summed E-state index contributed by atoms with van der Waals surface area (Å²) in [6.07, 6.45) is 3.22. The van der Waals surface area contributed by atoms with E-state index in [1.165, 1.54) is 17.0 Å². The van der Waals surface area contributed by atoms with E-state index >= 15 is 0 Å². The number of carbonyl (C=O) groups excluding carboxylic acids is 1. The van der Waals surface area contributed by atoms with Crippen LogP contribution in [0.4, 0.5) is 9.18 Å². The molecule has 118 valence electrons. The maximum atomic E-state index is 13.1. The Kier molecular flexibility index (Phi) is 5.58. The first kappa shape index (κ1) is 16.1. The van der Waals surface area contributed by atoms with Crippen LogP contribution in [0.2, 0.25) is 0 Å². The highest BCUT2D eigenvalue weighted by molar-refractivity contribution is 5.74. The van der Waals surface area contributed by atoms with Crippen molar-refractivity contribution >= 4 is 6.03 Å². The van der Waals surface area contributed by atoms with Crippen molar-refractivity contribution in [2.24, 2.45) is 0 Å². The Morgan fingerprint density at radius 1 is 1.36 bits per heavy atom. The molecule has 5 heteroatoms. The molecule has 0 fully saturated rings. The highest BCUT2D eigenvalue weighted by atomic mass is 19.1. The van der Waals surface area contributed by atoms with Gasteiger partial charge >= 0.3 is 6.03 Å². The lowest BCUT2D eigenvalue weighted by molar-refractivity contribution is 0.202. The van der Waals surface area contributed by atoms with Crippen LogP contribution >= 0.6 is 0 Å². The van der Waals surface area contributed by atoms with Gasteiger partial charge in [0.15, 0.2) is 0 Å². The zero-order chi connectivity index (χ0) is 15.9. The van der Waals surface area contributed by atoms with Crippen molar-refractivity contribution in [2.45, 2.75) is 32.4 Å². The van der Waals surface area contributed by atoms with E-state index in [1.54, 1.807) is 25.4 Å². The van der Waals surface area contributed by atoms with E-state index in [9.17, 15) is 9.18 Å². The van der Waals surface area contributed by atoms with Crippen molar-refractivity contribution in [1.29, 1.82) is 0 Å². The molecule has 1 aromatic carbocycles. The molecule has 0 aliphatic carbocycles. The van der Waals surface area contributed by atoms with Crippen molar-refractivity contribution < 1.29 is 13.6 Å². The summed E-state index contributed by atoms with van der Waals surface area (Å²) in [5.74, 6) is 0.618. The fourth-order valence-corrected chi connectivity index (χ4v) is 2.19. The summed E-state index contributed by atoms with van der Waals surface area (Å²) in [4.78, 5) is 13.6. The van der Waals surface area contributed by atoms with Crippen molar-refractivity contribution in [3.63, 3.8) is 0 Å². The van der Waals surface area contributed by atoms with E-state index in [1.807, 2.05) is 19.1 Å². The molecule has 0 aliphatic rings. The van der Waals surface area contributed by atoms with Gasteiger partial charge in [-0.25, -0.2) is 9.18 Å². The third kappa shape index (κ3) is 4.91. The largest absolute Gasteiger partial charge is 0.469 e. The third-order valence-electron chi connectivity index (χ3n) is 3.43. The lowest BCUT2D eigenvalue weighted by Crippen LogP contribution is -2.41. The molecular formula is C17H21FN2O2. The number of hydrogen-bond donors (Lipinski definition) is 1. The minimum absolute atomic E-state index is 0.0348. The molecule has 0 saturated carbocycles. The van der Waals surface area contributed by atoms with Crippen LogP contribution in [0.5, 0.6) is 0 Å². The van der Waals surface area contributed by atoms with E-state index in [-0.39, 0.29) is 17.9 Å². The lowest BCUT2D eigenvalue weighted by Gasteiger charge is -2.21. The van der Waals surface area contributed by atoms with Crippen LogP contribution in [0, 0.1) is 5.82 Å². The molecule has 2 amide bonds. The van der Waals surface area contributed by atoms with Gasteiger partial charge in [0.05, 0.1) is 6.26 Å². The molecule has 1 aromatic heterocycles. The van der Waals surface area contributed by atoms with Gasteiger partial charge in [0.25, 0.3) is 0 Å². The molecule has 2 rings (SSSR count). The zero-order valence-corrected chi connectivity index (χ0v) is 12.9. The van der Waals surface area contributed by atoms with Crippen molar-refractivity contribution in [3.8, 4) is 0 Å². The summed E-state index contributed by atoms with van der Waals surface area (Å²) in [6, 6.07) is 9.90. The van der Waals surface area contributed by atoms with E-state index in [2.05, 4.69) is 5.32 Å². The second kappa shape index (κ2) is 7.64. The smallest absolute Gasteiger partial charge is 0.317 e. The lowest BCUT2D eigenvalue weighted by atomic mass is 10.1. The zero-order valence-electron chi connectivity index (χ0n) is 12.9. The number of urea groups is 1. The number of hydrogen-bond acceptors (Lipinski definition) is 2. The van der Waals surface area contributed by atoms with E-state index < -0.39 is 0 Å². The molecule has 0 radical (unpaired) electrons. The fourth-order valence-electron chi connectivity index (χ4n) is 2.19. The Hall–Kier alpha value is -2.30. The molecule has 1 heterocycles.